The highest BCUT2D eigenvalue weighted by atomic mass is 35.5. The number of fused-ring (bicyclic) bond motifs is 1. The van der Waals surface area contributed by atoms with Crippen molar-refractivity contribution in [3.05, 3.63) is 94.0 Å². The Kier molecular flexibility index (Phi) is 8.09. The van der Waals surface area contributed by atoms with Crippen molar-refractivity contribution in [1.82, 2.24) is 19.9 Å². The van der Waals surface area contributed by atoms with Crippen LogP contribution in [0.15, 0.2) is 77.1 Å². The molecule has 1 fully saturated rings. The number of amides is 1. The highest BCUT2D eigenvalue weighted by molar-refractivity contribution is 7.85. The Morgan fingerprint density at radius 1 is 1.03 bits per heavy atom. The molecule has 1 aliphatic heterocycles. The van der Waals surface area contributed by atoms with Crippen LogP contribution >= 0.6 is 22.9 Å². The summed E-state index contributed by atoms with van der Waals surface area (Å²) >= 11 is 7.37. The van der Waals surface area contributed by atoms with Crippen LogP contribution < -0.4 is 10.6 Å². The van der Waals surface area contributed by atoms with E-state index in [2.05, 4.69) is 27.8 Å². The maximum Gasteiger partial charge on any atom is 0.251 e. The smallest absolute Gasteiger partial charge is 0.251 e. The van der Waals surface area contributed by atoms with Gasteiger partial charge in [-0.2, -0.15) is 0 Å². The standard InChI is InChI=1S/C27H27ClN4O2S2/c28-21-7-5-19(6-8-21)27(33)31-18-23-9-10-26(35-23)36(34)32-15-12-22(13-16-32)30-17-20-11-14-29-25-4-2-1-3-24(20)25/h1-11,14,22,30H,12-13,15-18H2,(H,31,33). The summed E-state index contributed by atoms with van der Waals surface area (Å²) in [7, 11) is -1.19. The number of para-hydroxylation sites is 1. The molecule has 0 aliphatic carbocycles. The van der Waals surface area contributed by atoms with Crippen molar-refractivity contribution in [2.24, 2.45) is 0 Å². The molecule has 6 nitrogen and oxygen atoms in total. The largest absolute Gasteiger partial charge is 0.347 e. The number of aromatic nitrogens is 1. The molecule has 1 unspecified atom stereocenters. The van der Waals surface area contributed by atoms with Crippen LogP contribution in [0.4, 0.5) is 0 Å². The minimum absolute atomic E-state index is 0.155. The minimum Gasteiger partial charge on any atom is -0.347 e. The topological polar surface area (TPSA) is 74.3 Å². The molecule has 4 aromatic rings. The third kappa shape index (κ3) is 6.02. The molecule has 9 heteroatoms. The van der Waals surface area contributed by atoms with Crippen molar-refractivity contribution in [2.45, 2.75) is 36.2 Å². The Bertz CT molecular complexity index is 1360. The van der Waals surface area contributed by atoms with Crippen LogP contribution in [0.5, 0.6) is 0 Å². The SMILES string of the molecule is O=C(NCc1ccc(S(=O)N2CCC(NCc3ccnc4ccccc34)CC2)s1)c1ccc(Cl)cc1. The Labute approximate surface area is 222 Å². The van der Waals surface area contributed by atoms with E-state index in [0.717, 1.165) is 47.1 Å². The predicted molar refractivity (Wildman–Crippen MR) is 147 cm³/mol. The molecule has 0 saturated carbocycles. The van der Waals surface area contributed by atoms with E-state index in [1.165, 1.54) is 22.3 Å². The monoisotopic (exact) mass is 538 g/mol. The number of carbonyl (C=O) groups is 1. The van der Waals surface area contributed by atoms with Crippen molar-refractivity contribution < 1.29 is 9.00 Å². The summed E-state index contributed by atoms with van der Waals surface area (Å²) in [4.78, 5) is 17.7. The molecule has 0 bridgehead atoms. The van der Waals surface area contributed by atoms with Crippen molar-refractivity contribution in [2.75, 3.05) is 13.1 Å². The van der Waals surface area contributed by atoms with Crippen LogP contribution in [0, 0.1) is 0 Å². The first-order valence-electron chi connectivity index (χ1n) is 11.9. The van der Waals surface area contributed by atoms with Crippen molar-refractivity contribution in [3.8, 4) is 0 Å². The summed E-state index contributed by atoms with van der Waals surface area (Å²) in [5, 5.41) is 8.37. The summed E-state index contributed by atoms with van der Waals surface area (Å²) in [6.45, 7) is 2.76. The first kappa shape index (κ1) is 25.0. The minimum atomic E-state index is -1.19. The zero-order valence-corrected chi connectivity index (χ0v) is 22.0. The summed E-state index contributed by atoms with van der Waals surface area (Å²) in [6, 6.07) is 21.3. The van der Waals surface area contributed by atoms with Gasteiger partial charge in [-0.3, -0.25) is 9.78 Å². The highest BCUT2D eigenvalue weighted by Gasteiger charge is 2.24. The normalized spacial score (nSPS) is 15.7. The number of benzene rings is 2. The average molecular weight is 539 g/mol. The van der Waals surface area contributed by atoms with Gasteiger partial charge in [-0.05, 0) is 66.9 Å². The molecule has 1 atom stereocenters. The molecule has 1 saturated heterocycles. The Morgan fingerprint density at radius 3 is 2.61 bits per heavy atom. The molecule has 1 aliphatic rings. The molecule has 0 spiro atoms. The second kappa shape index (κ2) is 11.6. The van der Waals surface area contributed by atoms with Crippen molar-refractivity contribution in [1.29, 1.82) is 0 Å². The molecule has 2 aromatic heterocycles. The van der Waals surface area contributed by atoms with Gasteiger partial charge >= 0.3 is 0 Å². The third-order valence-corrected chi connectivity index (χ3v) is 9.47. The van der Waals surface area contributed by atoms with Crippen LogP contribution in [0.1, 0.15) is 33.6 Å². The van der Waals surface area contributed by atoms with Gasteiger partial charge in [-0.1, -0.05) is 29.8 Å². The van der Waals surface area contributed by atoms with E-state index >= 15 is 0 Å². The van der Waals surface area contributed by atoms with Crippen LogP contribution in [-0.4, -0.2) is 38.5 Å². The maximum atomic E-state index is 13.2. The highest BCUT2D eigenvalue weighted by Crippen LogP contribution is 2.25. The van der Waals surface area contributed by atoms with Gasteiger partial charge in [-0.15, -0.1) is 11.3 Å². The summed E-state index contributed by atoms with van der Waals surface area (Å²) in [5.41, 5.74) is 2.83. The molecular formula is C27H27ClN4O2S2. The molecule has 2 N–H and O–H groups in total. The average Bonchev–Trinajstić information content (AvgIpc) is 3.40. The number of piperidine rings is 1. The van der Waals surface area contributed by atoms with Gasteiger partial charge < -0.3 is 10.6 Å². The molecule has 1 amide bonds. The summed E-state index contributed by atoms with van der Waals surface area (Å²) in [5.74, 6) is -0.155. The lowest BCUT2D eigenvalue weighted by atomic mass is 10.1. The third-order valence-electron chi connectivity index (χ3n) is 6.35. The number of rotatable bonds is 8. The van der Waals surface area contributed by atoms with E-state index in [1.807, 2.05) is 40.8 Å². The summed E-state index contributed by atoms with van der Waals surface area (Å²) in [6.07, 6.45) is 3.76. The Morgan fingerprint density at radius 2 is 1.81 bits per heavy atom. The van der Waals surface area contributed by atoms with E-state index in [4.69, 9.17) is 11.6 Å². The van der Waals surface area contributed by atoms with E-state index < -0.39 is 11.0 Å². The zero-order chi connectivity index (χ0) is 24.9. The quantitative estimate of drug-likeness (QED) is 0.325. The molecule has 2 aromatic carbocycles. The lowest BCUT2D eigenvalue weighted by Crippen LogP contribution is -2.42. The van der Waals surface area contributed by atoms with Gasteiger partial charge in [0.1, 0.15) is 15.2 Å². The Hall–Kier alpha value is -2.62. The molecular weight excluding hydrogens is 512 g/mol. The first-order valence-corrected chi connectivity index (χ1v) is 14.2. The van der Waals surface area contributed by atoms with E-state index in [1.54, 1.807) is 24.3 Å². The van der Waals surface area contributed by atoms with Gasteiger partial charge in [0.2, 0.25) is 0 Å². The van der Waals surface area contributed by atoms with Gasteiger partial charge in [-0.25, -0.2) is 8.51 Å². The van der Waals surface area contributed by atoms with Gasteiger partial charge in [0.15, 0.2) is 0 Å². The fraction of sp³-hybridized carbons (Fsp3) is 0.259. The predicted octanol–water partition coefficient (Wildman–Crippen LogP) is 5.16. The number of halogens is 1. The number of hydrogen-bond donors (Lipinski definition) is 2. The number of nitrogens with zero attached hydrogens (tertiary/aromatic N) is 2. The number of nitrogens with one attached hydrogen (secondary N) is 2. The van der Waals surface area contributed by atoms with Crippen LogP contribution in [0.3, 0.4) is 0 Å². The van der Waals surface area contributed by atoms with Crippen LogP contribution in [-0.2, 0) is 24.1 Å². The van der Waals surface area contributed by atoms with E-state index in [9.17, 15) is 9.00 Å². The van der Waals surface area contributed by atoms with E-state index in [-0.39, 0.29) is 5.91 Å². The Balaban J connectivity index is 1.10. The van der Waals surface area contributed by atoms with Gasteiger partial charge in [0.05, 0.1) is 12.1 Å². The van der Waals surface area contributed by atoms with E-state index in [0.29, 0.717) is 23.2 Å². The zero-order valence-electron chi connectivity index (χ0n) is 19.7. The first-order chi connectivity index (χ1) is 17.6. The van der Waals surface area contributed by atoms with Crippen LogP contribution in [0.2, 0.25) is 5.02 Å². The second-order valence-electron chi connectivity index (χ2n) is 8.73. The fourth-order valence-electron chi connectivity index (χ4n) is 4.33. The van der Waals surface area contributed by atoms with Crippen LogP contribution in [0.25, 0.3) is 10.9 Å². The number of pyridine rings is 1. The molecule has 3 heterocycles. The lowest BCUT2D eigenvalue weighted by molar-refractivity contribution is 0.0951. The second-order valence-corrected chi connectivity index (χ2v) is 12.0. The van der Waals surface area contributed by atoms with Crippen molar-refractivity contribution in [3.63, 3.8) is 0 Å². The molecule has 186 valence electrons. The van der Waals surface area contributed by atoms with Crippen molar-refractivity contribution >= 4 is 50.7 Å². The number of hydrogen-bond acceptors (Lipinski definition) is 5. The number of carbonyl (C=O) groups excluding carboxylic acids is 1. The maximum absolute atomic E-state index is 13.2. The molecule has 0 radical (unpaired) electrons. The van der Waals surface area contributed by atoms with Gasteiger partial charge in [0, 0.05) is 52.7 Å². The van der Waals surface area contributed by atoms with Gasteiger partial charge in [0.25, 0.3) is 5.91 Å². The fourth-order valence-corrected chi connectivity index (χ4v) is 7.04. The lowest BCUT2D eigenvalue weighted by Gasteiger charge is -2.31. The number of thiophene rings is 1. The summed E-state index contributed by atoms with van der Waals surface area (Å²) < 4.78 is 16.0. The molecule has 5 rings (SSSR count). The molecule has 36 heavy (non-hydrogen) atoms.